The summed E-state index contributed by atoms with van der Waals surface area (Å²) >= 11 is 6.02. The summed E-state index contributed by atoms with van der Waals surface area (Å²) < 4.78 is 0. The molecule has 0 bridgehead atoms. The van der Waals surface area contributed by atoms with Crippen LogP contribution in [0.2, 0.25) is 5.02 Å². The van der Waals surface area contributed by atoms with Crippen LogP contribution in [-0.4, -0.2) is 79.7 Å². The molecule has 0 spiro atoms. The third-order valence-electron chi connectivity index (χ3n) is 7.72. The van der Waals surface area contributed by atoms with Gasteiger partial charge in [0.25, 0.3) is 5.91 Å². The Labute approximate surface area is 227 Å². The summed E-state index contributed by atoms with van der Waals surface area (Å²) in [5.41, 5.74) is 1.96. The average Bonchev–Trinajstić information content (AvgIpc) is 2.86. The number of hydrogen-bond donors (Lipinski definition) is 6. The largest absolute Gasteiger partial charge is 0.508 e. The van der Waals surface area contributed by atoms with Crippen LogP contribution in [0.5, 0.6) is 5.75 Å². The van der Waals surface area contributed by atoms with Gasteiger partial charge in [-0.15, -0.1) is 0 Å². The third kappa shape index (κ3) is 3.64. The fourth-order valence-corrected chi connectivity index (χ4v) is 6.17. The molecule has 1 saturated carbocycles. The molecule has 1 amide bonds. The van der Waals surface area contributed by atoms with Crippen LogP contribution in [-0.2, 0) is 14.4 Å². The first-order valence-corrected chi connectivity index (χ1v) is 12.3. The molecule has 0 aliphatic heterocycles. The van der Waals surface area contributed by atoms with Gasteiger partial charge in [-0.25, -0.2) is 0 Å². The van der Waals surface area contributed by atoms with Crippen molar-refractivity contribution in [1.82, 2.24) is 4.90 Å². The molecule has 10 nitrogen and oxygen atoms in total. The van der Waals surface area contributed by atoms with E-state index in [9.17, 15) is 39.9 Å². The highest BCUT2D eigenvalue weighted by molar-refractivity contribution is 6.30. The lowest BCUT2D eigenvalue weighted by Gasteiger charge is -2.53. The van der Waals surface area contributed by atoms with Gasteiger partial charge in [-0.1, -0.05) is 41.9 Å². The number of aromatic hydroxyl groups is 1. The Morgan fingerprint density at radius 3 is 2.31 bits per heavy atom. The van der Waals surface area contributed by atoms with E-state index in [0.717, 1.165) is 0 Å². The lowest BCUT2D eigenvalue weighted by atomic mass is 9.55. The van der Waals surface area contributed by atoms with Crippen molar-refractivity contribution in [2.24, 2.45) is 17.6 Å². The predicted octanol–water partition coefficient (Wildman–Crippen LogP) is 1.59. The summed E-state index contributed by atoms with van der Waals surface area (Å²) in [5, 5.41) is 57.1. The number of primary amides is 1. The molecule has 5 rings (SSSR count). The first-order valence-electron chi connectivity index (χ1n) is 11.9. The lowest BCUT2D eigenvalue weighted by Crippen LogP contribution is -2.70. The third-order valence-corrected chi connectivity index (χ3v) is 7.97. The number of aliphatic hydroxyl groups is 4. The maximum atomic E-state index is 14.1. The zero-order valence-electron chi connectivity index (χ0n) is 20.8. The molecule has 5 atom stereocenters. The van der Waals surface area contributed by atoms with Gasteiger partial charge in [0.1, 0.15) is 22.8 Å². The number of phenols is 1. The van der Waals surface area contributed by atoms with Crippen LogP contribution >= 0.6 is 11.6 Å². The first-order chi connectivity index (χ1) is 18.3. The molecule has 0 unspecified atom stereocenters. The fourth-order valence-electron chi connectivity index (χ4n) is 6.05. The standard InChI is InChI=1S/C28H25ClN2O8/c1-31(2)21-20-23(34)17-14(10-11-6-8-12(29)9-7-11)13-4-3-5-15(32)16(13)22(33)18(17)25(36)28(20,39)26(37)19(24(21)35)27(30)38/h3-10,17,20-21,23,32-34,37,39H,1-2H3,(H2,30,38)/b14-10+/t17-,20+,21+,23-,28-/m0/s1. The van der Waals surface area contributed by atoms with Gasteiger partial charge in [-0.3, -0.25) is 19.3 Å². The maximum absolute atomic E-state index is 14.1. The Bertz CT molecular complexity index is 1540. The molecule has 7 N–H and O–H groups in total. The number of hydrogen-bond acceptors (Lipinski definition) is 9. The van der Waals surface area contributed by atoms with E-state index in [0.29, 0.717) is 21.7 Å². The zero-order chi connectivity index (χ0) is 28.5. The number of carbonyl (C=O) groups is 3. The fraction of sp³-hybridized carbons (Fsp3) is 0.250. The Kier molecular flexibility index (Phi) is 6.19. The Morgan fingerprint density at radius 2 is 1.72 bits per heavy atom. The summed E-state index contributed by atoms with van der Waals surface area (Å²) in [7, 11) is 2.89. The van der Waals surface area contributed by atoms with Gasteiger partial charge < -0.3 is 31.3 Å². The SMILES string of the molecule is CN(C)[C@H]1C(=O)C(C(N)=O)=C(O)[C@@]2(O)C(=O)C3=C(O)c4c(O)cccc4/C(=C\c4ccc(Cl)cc4)[C@@H]3[C@H](O)[C@@H]12. The van der Waals surface area contributed by atoms with Crippen LogP contribution in [0, 0.1) is 11.8 Å². The Morgan fingerprint density at radius 1 is 1.08 bits per heavy atom. The minimum atomic E-state index is -2.99. The molecule has 2 aromatic rings. The van der Waals surface area contributed by atoms with Crippen molar-refractivity contribution in [3.05, 3.63) is 81.1 Å². The van der Waals surface area contributed by atoms with Gasteiger partial charge in [0, 0.05) is 10.9 Å². The van der Waals surface area contributed by atoms with Crippen molar-refractivity contribution < 1.29 is 39.9 Å². The van der Waals surface area contributed by atoms with Crippen LogP contribution in [0.4, 0.5) is 0 Å². The number of amides is 1. The number of carbonyl (C=O) groups excluding carboxylic acids is 3. The van der Waals surface area contributed by atoms with Gasteiger partial charge in [0.15, 0.2) is 11.4 Å². The van der Waals surface area contributed by atoms with Crippen LogP contribution in [0.1, 0.15) is 16.7 Å². The number of nitrogens with zero attached hydrogens (tertiary/aromatic N) is 1. The number of nitrogens with two attached hydrogens (primary N) is 1. The highest BCUT2D eigenvalue weighted by Gasteiger charge is 2.68. The molecule has 1 fully saturated rings. The van der Waals surface area contributed by atoms with Crippen LogP contribution in [0.25, 0.3) is 17.4 Å². The maximum Gasteiger partial charge on any atom is 0.255 e. The minimum absolute atomic E-state index is 0.124. The van der Waals surface area contributed by atoms with Gasteiger partial charge in [-0.2, -0.15) is 0 Å². The van der Waals surface area contributed by atoms with Crippen LogP contribution in [0.15, 0.2) is 59.4 Å². The molecule has 11 heteroatoms. The number of aliphatic hydroxyl groups excluding tert-OH is 3. The Hall–Kier alpha value is -3.96. The van der Waals surface area contributed by atoms with E-state index in [2.05, 4.69) is 0 Å². The molecule has 3 aliphatic rings. The summed E-state index contributed by atoms with van der Waals surface area (Å²) in [6.07, 6.45) is -0.112. The number of benzene rings is 2. The van der Waals surface area contributed by atoms with Gasteiger partial charge >= 0.3 is 0 Å². The van der Waals surface area contributed by atoms with E-state index in [1.807, 2.05) is 0 Å². The molecule has 0 saturated heterocycles. The number of rotatable bonds is 3. The van der Waals surface area contributed by atoms with E-state index in [1.165, 1.54) is 31.1 Å². The number of fused-ring (bicyclic) bond motifs is 3. The van der Waals surface area contributed by atoms with Crippen molar-refractivity contribution >= 4 is 46.5 Å². The van der Waals surface area contributed by atoms with Crippen molar-refractivity contribution in [1.29, 1.82) is 0 Å². The molecule has 3 aliphatic carbocycles. The number of halogens is 1. The summed E-state index contributed by atoms with van der Waals surface area (Å²) in [6, 6.07) is 9.58. The summed E-state index contributed by atoms with van der Waals surface area (Å²) in [4.78, 5) is 40.9. The van der Waals surface area contributed by atoms with Crippen molar-refractivity contribution in [3.8, 4) is 5.75 Å². The van der Waals surface area contributed by atoms with Gasteiger partial charge in [0.05, 0.1) is 29.2 Å². The molecular weight excluding hydrogens is 528 g/mol. The van der Waals surface area contributed by atoms with E-state index >= 15 is 0 Å². The quantitative estimate of drug-likeness (QED) is 0.308. The molecule has 0 aromatic heterocycles. The second-order valence-electron chi connectivity index (χ2n) is 10.1. The lowest BCUT2D eigenvalue weighted by molar-refractivity contribution is -0.166. The highest BCUT2D eigenvalue weighted by atomic mass is 35.5. The molecular formula is C28H25ClN2O8. The smallest absolute Gasteiger partial charge is 0.255 e. The summed E-state index contributed by atoms with van der Waals surface area (Å²) in [6.45, 7) is 0. The van der Waals surface area contributed by atoms with Crippen LogP contribution in [0.3, 0.4) is 0 Å². The number of Topliss-reactive ketones (excluding diaryl/α,β-unsaturated/α-hetero) is 2. The zero-order valence-corrected chi connectivity index (χ0v) is 21.5. The second kappa shape index (κ2) is 9.06. The molecule has 0 heterocycles. The van der Waals surface area contributed by atoms with Gasteiger partial charge in [0.2, 0.25) is 5.78 Å². The minimum Gasteiger partial charge on any atom is -0.508 e. The van der Waals surface area contributed by atoms with E-state index in [4.69, 9.17) is 17.3 Å². The van der Waals surface area contributed by atoms with E-state index in [-0.39, 0.29) is 11.3 Å². The molecule has 2 aromatic carbocycles. The normalized spacial score (nSPS) is 29.4. The van der Waals surface area contributed by atoms with Crippen molar-refractivity contribution in [2.75, 3.05) is 14.1 Å². The van der Waals surface area contributed by atoms with Gasteiger partial charge in [-0.05, 0) is 49.0 Å². The monoisotopic (exact) mass is 552 g/mol. The molecule has 39 heavy (non-hydrogen) atoms. The number of ketones is 2. The number of likely N-dealkylation sites (N-methyl/N-ethyl adjacent to an activating group) is 1. The highest BCUT2D eigenvalue weighted by Crippen LogP contribution is 2.56. The molecule has 0 radical (unpaired) electrons. The first kappa shape index (κ1) is 26.6. The average molecular weight is 553 g/mol. The van der Waals surface area contributed by atoms with Crippen LogP contribution < -0.4 is 5.73 Å². The Balaban J connectivity index is 1.86. The predicted molar refractivity (Wildman–Crippen MR) is 141 cm³/mol. The topological polar surface area (TPSA) is 182 Å². The van der Waals surface area contributed by atoms with Crippen molar-refractivity contribution in [3.63, 3.8) is 0 Å². The second-order valence-corrected chi connectivity index (χ2v) is 10.5. The summed E-state index contributed by atoms with van der Waals surface area (Å²) in [5.74, 6) is -8.94. The van der Waals surface area contributed by atoms with Crippen molar-refractivity contribution in [2.45, 2.75) is 17.7 Å². The molecule has 202 valence electrons. The van der Waals surface area contributed by atoms with E-state index in [1.54, 1.807) is 36.4 Å². The van der Waals surface area contributed by atoms with E-state index < -0.39 is 69.7 Å². The number of phenolic OH excluding ortho intramolecular Hbond substituents is 1.